The monoisotopic (exact) mass is 262 g/mol. The van der Waals surface area contributed by atoms with Crippen LogP contribution in [0.2, 0.25) is 0 Å². The summed E-state index contributed by atoms with van der Waals surface area (Å²) in [6, 6.07) is 8.09. The van der Waals surface area contributed by atoms with E-state index < -0.39 is 0 Å². The van der Waals surface area contributed by atoms with Crippen LogP contribution in [0.5, 0.6) is 5.75 Å². The lowest BCUT2D eigenvalue weighted by molar-refractivity contribution is 0.317. The van der Waals surface area contributed by atoms with E-state index in [1.54, 1.807) is 11.3 Å². The summed E-state index contributed by atoms with van der Waals surface area (Å²) in [5, 5.41) is 1.00. The lowest BCUT2D eigenvalue weighted by Gasteiger charge is -2.04. The molecule has 0 bridgehead atoms. The lowest BCUT2D eigenvalue weighted by atomic mass is 10.2. The molecule has 0 saturated carbocycles. The van der Waals surface area contributed by atoms with Crippen LogP contribution in [0.1, 0.15) is 31.2 Å². The Morgan fingerprint density at radius 3 is 2.61 bits per heavy atom. The van der Waals surface area contributed by atoms with E-state index in [1.807, 2.05) is 37.4 Å². The van der Waals surface area contributed by atoms with Crippen LogP contribution in [0.15, 0.2) is 30.5 Å². The molecule has 1 heterocycles. The molecule has 1 aromatic heterocycles. The van der Waals surface area contributed by atoms with Gasteiger partial charge in [0.1, 0.15) is 10.8 Å². The van der Waals surface area contributed by atoms with Crippen LogP contribution in [0.25, 0.3) is 10.6 Å². The van der Waals surface area contributed by atoms with E-state index in [9.17, 15) is 0 Å². The topological polar surface area (TPSA) is 48.1 Å². The number of benzene rings is 1. The van der Waals surface area contributed by atoms with Gasteiger partial charge in [-0.25, -0.2) is 4.98 Å². The van der Waals surface area contributed by atoms with Crippen LogP contribution in [-0.2, 0) is 0 Å². The maximum atomic E-state index is 5.83. The summed E-state index contributed by atoms with van der Waals surface area (Å²) >= 11 is 1.64. The maximum Gasteiger partial charge on any atom is 0.123 e. The van der Waals surface area contributed by atoms with E-state index in [4.69, 9.17) is 10.5 Å². The molecule has 0 radical (unpaired) electrons. The van der Waals surface area contributed by atoms with Crippen molar-refractivity contribution in [3.8, 4) is 16.3 Å². The highest BCUT2D eigenvalue weighted by atomic mass is 32.1. The lowest BCUT2D eigenvalue weighted by Crippen LogP contribution is -2.01. The van der Waals surface area contributed by atoms with E-state index in [-0.39, 0.29) is 6.04 Å². The van der Waals surface area contributed by atoms with Gasteiger partial charge in [0, 0.05) is 22.7 Å². The molecule has 0 aliphatic rings. The standard InChI is InChI=1S/C14H18N2OS/c1-3-8-17-12-6-4-11(5-7-12)14-16-9-13(18-14)10(2)15/h4-7,9-10H,3,8,15H2,1-2H3. The Morgan fingerprint density at radius 1 is 1.33 bits per heavy atom. The first-order valence-corrected chi connectivity index (χ1v) is 6.97. The van der Waals surface area contributed by atoms with Gasteiger partial charge in [0.25, 0.3) is 0 Å². The number of aromatic nitrogens is 1. The molecule has 0 saturated heterocycles. The van der Waals surface area contributed by atoms with Crippen LogP contribution >= 0.6 is 11.3 Å². The summed E-state index contributed by atoms with van der Waals surface area (Å²) < 4.78 is 5.55. The van der Waals surface area contributed by atoms with Crippen molar-refractivity contribution < 1.29 is 4.74 Å². The van der Waals surface area contributed by atoms with Gasteiger partial charge in [-0.3, -0.25) is 0 Å². The highest BCUT2D eigenvalue weighted by Crippen LogP contribution is 2.28. The van der Waals surface area contributed by atoms with Gasteiger partial charge >= 0.3 is 0 Å². The van der Waals surface area contributed by atoms with Gasteiger partial charge in [-0.05, 0) is 37.6 Å². The molecule has 1 unspecified atom stereocenters. The third-order valence-corrected chi connectivity index (χ3v) is 3.79. The third-order valence-electron chi connectivity index (χ3n) is 2.55. The van der Waals surface area contributed by atoms with Crippen molar-refractivity contribution >= 4 is 11.3 Å². The smallest absolute Gasteiger partial charge is 0.123 e. The molecule has 4 heteroatoms. The van der Waals surface area contributed by atoms with Crippen molar-refractivity contribution in [1.29, 1.82) is 0 Å². The molecule has 0 aliphatic carbocycles. The van der Waals surface area contributed by atoms with Crippen molar-refractivity contribution in [2.45, 2.75) is 26.3 Å². The number of hydrogen-bond donors (Lipinski definition) is 1. The first kappa shape index (κ1) is 13.1. The van der Waals surface area contributed by atoms with E-state index in [0.29, 0.717) is 0 Å². The molecule has 96 valence electrons. The Labute approximate surface area is 112 Å². The molecule has 1 aromatic carbocycles. The average Bonchev–Trinajstić information content (AvgIpc) is 2.87. The Hall–Kier alpha value is -1.39. The van der Waals surface area contributed by atoms with Gasteiger partial charge in [0.2, 0.25) is 0 Å². The molecule has 0 aliphatic heterocycles. The molecule has 18 heavy (non-hydrogen) atoms. The molecule has 0 fully saturated rings. The van der Waals surface area contributed by atoms with Crippen LogP contribution in [-0.4, -0.2) is 11.6 Å². The van der Waals surface area contributed by atoms with Gasteiger partial charge in [-0.1, -0.05) is 6.92 Å². The first-order valence-electron chi connectivity index (χ1n) is 6.15. The largest absolute Gasteiger partial charge is 0.494 e. The zero-order chi connectivity index (χ0) is 13.0. The van der Waals surface area contributed by atoms with Crippen LogP contribution < -0.4 is 10.5 Å². The average molecular weight is 262 g/mol. The summed E-state index contributed by atoms with van der Waals surface area (Å²) in [6.45, 7) is 4.82. The highest BCUT2D eigenvalue weighted by molar-refractivity contribution is 7.15. The molecule has 0 amide bonds. The first-order chi connectivity index (χ1) is 8.70. The fraction of sp³-hybridized carbons (Fsp3) is 0.357. The second-order valence-corrected chi connectivity index (χ2v) is 5.29. The number of rotatable bonds is 5. The minimum absolute atomic E-state index is 0.0448. The summed E-state index contributed by atoms with van der Waals surface area (Å²) in [5.74, 6) is 0.907. The zero-order valence-electron chi connectivity index (χ0n) is 10.7. The van der Waals surface area contributed by atoms with Crippen LogP contribution in [0.4, 0.5) is 0 Å². The van der Waals surface area contributed by atoms with Crippen molar-refractivity contribution in [3.05, 3.63) is 35.3 Å². The Morgan fingerprint density at radius 2 is 2.06 bits per heavy atom. The molecular weight excluding hydrogens is 244 g/mol. The van der Waals surface area contributed by atoms with Gasteiger partial charge < -0.3 is 10.5 Å². The van der Waals surface area contributed by atoms with Gasteiger partial charge in [-0.2, -0.15) is 0 Å². The second kappa shape index (κ2) is 5.98. The van der Waals surface area contributed by atoms with Gasteiger partial charge in [0.05, 0.1) is 6.61 Å². The minimum atomic E-state index is 0.0448. The van der Waals surface area contributed by atoms with Crippen LogP contribution in [0, 0.1) is 0 Å². The van der Waals surface area contributed by atoms with E-state index in [2.05, 4.69) is 11.9 Å². The van der Waals surface area contributed by atoms with Gasteiger partial charge in [-0.15, -0.1) is 11.3 Å². The number of nitrogens with zero attached hydrogens (tertiary/aromatic N) is 1. The molecule has 2 rings (SSSR count). The fourth-order valence-electron chi connectivity index (χ4n) is 1.54. The zero-order valence-corrected chi connectivity index (χ0v) is 11.5. The maximum absolute atomic E-state index is 5.83. The SMILES string of the molecule is CCCOc1ccc(-c2ncc(C(C)N)s2)cc1. The van der Waals surface area contributed by atoms with Crippen molar-refractivity contribution in [2.24, 2.45) is 5.73 Å². The Balaban J connectivity index is 2.12. The van der Waals surface area contributed by atoms with Gasteiger partial charge in [0.15, 0.2) is 0 Å². The Kier molecular flexibility index (Phi) is 4.33. The summed E-state index contributed by atoms with van der Waals surface area (Å²) in [7, 11) is 0. The summed E-state index contributed by atoms with van der Waals surface area (Å²) in [4.78, 5) is 5.50. The second-order valence-electron chi connectivity index (χ2n) is 4.23. The van der Waals surface area contributed by atoms with Crippen molar-refractivity contribution in [3.63, 3.8) is 0 Å². The number of thiazole rings is 1. The molecule has 1 atom stereocenters. The third kappa shape index (κ3) is 3.09. The van der Waals surface area contributed by atoms with Crippen molar-refractivity contribution in [1.82, 2.24) is 4.98 Å². The van der Waals surface area contributed by atoms with E-state index >= 15 is 0 Å². The predicted molar refractivity (Wildman–Crippen MR) is 75.9 cm³/mol. The Bertz CT molecular complexity index is 491. The molecule has 2 aromatic rings. The van der Waals surface area contributed by atoms with Crippen molar-refractivity contribution in [2.75, 3.05) is 6.61 Å². The molecule has 0 spiro atoms. The molecule has 3 nitrogen and oxygen atoms in total. The van der Waals surface area contributed by atoms with Crippen LogP contribution in [0.3, 0.4) is 0 Å². The highest BCUT2D eigenvalue weighted by Gasteiger charge is 2.07. The molecule has 2 N–H and O–H groups in total. The van der Waals surface area contributed by atoms with E-state index in [0.717, 1.165) is 34.2 Å². The summed E-state index contributed by atoms with van der Waals surface area (Å²) in [5.41, 5.74) is 6.94. The molecular formula is C14H18N2OS. The summed E-state index contributed by atoms with van der Waals surface area (Å²) in [6.07, 6.45) is 2.87. The quantitative estimate of drug-likeness (QED) is 0.895. The normalized spacial score (nSPS) is 12.4. The number of ether oxygens (including phenoxy) is 1. The number of nitrogens with two attached hydrogens (primary N) is 1. The predicted octanol–water partition coefficient (Wildman–Crippen LogP) is 3.62. The fourth-order valence-corrected chi connectivity index (χ4v) is 2.42. The minimum Gasteiger partial charge on any atom is -0.494 e. The van der Waals surface area contributed by atoms with E-state index in [1.165, 1.54) is 0 Å². The number of hydrogen-bond acceptors (Lipinski definition) is 4.